The maximum Gasteiger partial charge on any atom is 0.407 e. The zero-order chi connectivity index (χ0) is 24.8. The molecule has 35 heavy (non-hydrogen) atoms. The lowest BCUT2D eigenvalue weighted by molar-refractivity contribution is -0.143. The van der Waals surface area contributed by atoms with Gasteiger partial charge in [-0.3, -0.25) is 9.59 Å². The van der Waals surface area contributed by atoms with Crippen LogP contribution >= 0.6 is 0 Å². The predicted molar refractivity (Wildman–Crippen MR) is 130 cm³/mol. The van der Waals surface area contributed by atoms with E-state index < -0.39 is 18.1 Å². The minimum Gasteiger partial charge on any atom is -0.481 e. The van der Waals surface area contributed by atoms with E-state index in [2.05, 4.69) is 22.8 Å². The van der Waals surface area contributed by atoms with Gasteiger partial charge in [-0.1, -0.05) is 48.5 Å². The number of rotatable bonds is 9. The van der Waals surface area contributed by atoms with Crippen molar-refractivity contribution in [2.75, 3.05) is 26.9 Å². The SMILES string of the molecule is COC[C@H](NC(=O)OCC1c2ccccc2-c2ccccc21)C(=O)NCC1CCC(C(=O)O)CC1. The number of carboxylic acid groups (broad SMARTS) is 1. The number of carbonyl (C=O) groups excluding carboxylic acids is 2. The van der Waals surface area contributed by atoms with Gasteiger partial charge in [-0.25, -0.2) is 4.79 Å². The van der Waals surface area contributed by atoms with Gasteiger partial charge in [0.05, 0.1) is 12.5 Å². The van der Waals surface area contributed by atoms with E-state index in [9.17, 15) is 14.4 Å². The normalized spacial score (nSPS) is 19.8. The van der Waals surface area contributed by atoms with Gasteiger partial charge in [0.25, 0.3) is 0 Å². The van der Waals surface area contributed by atoms with Crippen LogP contribution in [0.2, 0.25) is 0 Å². The number of carbonyl (C=O) groups is 3. The second kappa shape index (κ2) is 11.4. The highest BCUT2D eigenvalue weighted by atomic mass is 16.5. The lowest BCUT2D eigenvalue weighted by Crippen LogP contribution is -2.50. The van der Waals surface area contributed by atoms with Crippen LogP contribution in [0.3, 0.4) is 0 Å². The first-order valence-corrected chi connectivity index (χ1v) is 12.1. The number of carboxylic acids is 1. The zero-order valence-corrected chi connectivity index (χ0v) is 19.9. The Labute approximate surface area is 205 Å². The van der Waals surface area contributed by atoms with Gasteiger partial charge in [-0.15, -0.1) is 0 Å². The molecule has 2 amide bonds. The Morgan fingerprint density at radius 2 is 1.57 bits per heavy atom. The van der Waals surface area contributed by atoms with E-state index in [1.807, 2.05) is 36.4 Å². The van der Waals surface area contributed by atoms with Crippen LogP contribution in [-0.4, -0.2) is 56.0 Å². The van der Waals surface area contributed by atoms with Crippen LogP contribution in [-0.2, 0) is 19.1 Å². The van der Waals surface area contributed by atoms with Gasteiger partial charge in [0, 0.05) is 19.6 Å². The molecule has 186 valence electrons. The largest absolute Gasteiger partial charge is 0.481 e. The second-order valence-corrected chi connectivity index (χ2v) is 9.28. The molecule has 2 aromatic carbocycles. The van der Waals surface area contributed by atoms with Crippen LogP contribution in [0.1, 0.15) is 42.7 Å². The molecule has 8 heteroatoms. The van der Waals surface area contributed by atoms with Gasteiger partial charge in [-0.2, -0.15) is 0 Å². The summed E-state index contributed by atoms with van der Waals surface area (Å²) in [6, 6.07) is 15.3. The van der Waals surface area contributed by atoms with Crippen molar-refractivity contribution in [3.05, 3.63) is 59.7 Å². The molecule has 1 fully saturated rings. The van der Waals surface area contributed by atoms with E-state index in [-0.39, 0.29) is 36.9 Å². The number of nitrogens with one attached hydrogen (secondary N) is 2. The van der Waals surface area contributed by atoms with Crippen molar-refractivity contribution >= 4 is 18.0 Å². The number of benzene rings is 2. The van der Waals surface area contributed by atoms with Gasteiger partial charge in [0.1, 0.15) is 12.6 Å². The Morgan fingerprint density at radius 3 is 2.14 bits per heavy atom. The zero-order valence-electron chi connectivity index (χ0n) is 19.9. The molecule has 0 unspecified atom stereocenters. The van der Waals surface area contributed by atoms with Crippen molar-refractivity contribution in [1.82, 2.24) is 10.6 Å². The number of methoxy groups -OCH3 is 1. The van der Waals surface area contributed by atoms with Crippen molar-refractivity contribution in [2.45, 2.75) is 37.6 Å². The van der Waals surface area contributed by atoms with E-state index in [1.54, 1.807) is 0 Å². The smallest absolute Gasteiger partial charge is 0.407 e. The van der Waals surface area contributed by atoms with Gasteiger partial charge in [0.15, 0.2) is 0 Å². The lowest BCUT2D eigenvalue weighted by atomic mass is 9.82. The van der Waals surface area contributed by atoms with Crippen molar-refractivity contribution < 1.29 is 29.0 Å². The number of ether oxygens (including phenoxy) is 2. The maximum atomic E-state index is 12.7. The number of hydrogen-bond acceptors (Lipinski definition) is 5. The molecule has 3 N–H and O–H groups in total. The number of aliphatic carboxylic acids is 1. The minimum atomic E-state index is -0.883. The summed E-state index contributed by atoms with van der Waals surface area (Å²) < 4.78 is 10.7. The van der Waals surface area contributed by atoms with E-state index in [0.29, 0.717) is 19.4 Å². The minimum absolute atomic E-state index is 0.0157. The summed E-state index contributed by atoms with van der Waals surface area (Å²) in [6.45, 7) is 0.619. The van der Waals surface area contributed by atoms with Crippen LogP contribution in [0.15, 0.2) is 48.5 Å². The Morgan fingerprint density at radius 1 is 0.971 bits per heavy atom. The van der Waals surface area contributed by atoms with E-state index >= 15 is 0 Å². The van der Waals surface area contributed by atoms with Crippen LogP contribution in [0, 0.1) is 11.8 Å². The van der Waals surface area contributed by atoms with E-state index in [1.165, 1.54) is 7.11 Å². The van der Waals surface area contributed by atoms with Crippen molar-refractivity contribution in [1.29, 1.82) is 0 Å². The molecule has 0 saturated heterocycles. The molecule has 1 saturated carbocycles. The summed E-state index contributed by atoms with van der Waals surface area (Å²) in [5, 5.41) is 14.6. The molecule has 0 bridgehead atoms. The number of fused-ring (bicyclic) bond motifs is 3. The summed E-state index contributed by atoms with van der Waals surface area (Å²) >= 11 is 0. The van der Waals surface area contributed by atoms with Crippen molar-refractivity contribution in [3.63, 3.8) is 0 Å². The first kappa shape index (κ1) is 24.7. The fourth-order valence-electron chi connectivity index (χ4n) is 5.11. The Kier molecular flexibility index (Phi) is 8.02. The van der Waals surface area contributed by atoms with Gasteiger partial charge in [0.2, 0.25) is 5.91 Å². The lowest BCUT2D eigenvalue weighted by Gasteiger charge is -2.27. The quantitative estimate of drug-likeness (QED) is 0.506. The third-order valence-corrected chi connectivity index (χ3v) is 7.05. The van der Waals surface area contributed by atoms with E-state index in [0.717, 1.165) is 35.1 Å². The summed E-state index contributed by atoms with van der Waals surface area (Å²) in [4.78, 5) is 36.4. The average Bonchev–Trinajstić information content (AvgIpc) is 3.19. The topological polar surface area (TPSA) is 114 Å². The molecule has 8 nitrogen and oxygen atoms in total. The molecular weight excluding hydrogens is 448 g/mol. The van der Waals surface area contributed by atoms with Crippen molar-refractivity contribution in [2.24, 2.45) is 11.8 Å². The van der Waals surface area contributed by atoms with Crippen LogP contribution < -0.4 is 10.6 Å². The maximum absolute atomic E-state index is 12.7. The van der Waals surface area contributed by atoms with E-state index in [4.69, 9.17) is 14.6 Å². The Hall–Kier alpha value is -3.39. The number of amides is 2. The average molecular weight is 481 g/mol. The molecular formula is C27H32N2O6. The van der Waals surface area contributed by atoms with Crippen LogP contribution in [0.4, 0.5) is 4.79 Å². The summed E-state index contributed by atoms with van der Waals surface area (Å²) in [5.74, 6) is -1.23. The highest BCUT2D eigenvalue weighted by Crippen LogP contribution is 2.44. The van der Waals surface area contributed by atoms with Gasteiger partial charge >= 0.3 is 12.1 Å². The molecule has 2 aliphatic carbocycles. The Balaban J connectivity index is 1.29. The predicted octanol–water partition coefficient (Wildman–Crippen LogP) is 3.55. The monoisotopic (exact) mass is 480 g/mol. The molecule has 0 aliphatic heterocycles. The molecule has 0 radical (unpaired) electrons. The number of alkyl carbamates (subject to hydrolysis) is 1. The molecule has 1 atom stereocenters. The summed E-state index contributed by atoms with van der Waals surface area (Å²) in [6.07, 6.45) is 2.08. The molecule has 0 spiro atoms. The number of hydrogen-bond donors (Lipinski definition) is 3. The Bertz CT molecular complexity index is 1020. The molecule has 2 aliphatic rings. The third-order valence-electron chi connectivity index (χ3n) is 7.05. The highest BCUT2D eigenvalue weighted by molar-refractivity contribution is 5.86. The fraction of sp³-hybridized carbons (Fsp3) is 0.444. The first-order chi connectivity index (χ1) is 17.0. The molecule has 2 aromatic rings. The summed E-state index contributed by atoms with van der Waals surface area (Å²) in [5.41, 5.74) is 4.52. The third kappa shape index (κ3) is 5.82. The van der Waals surface area contributed by atoms with Crippen LogP contribution in [0.5, 0.6) is 0 Å². The van der Waals surface area contributed by atoms with Gasteiger partial charge in [-0.05, 0) is 53.9 Å². The standard InChI is InChI=1S/C27H32N2O6/c1-34-16-24(25(30)28-14-17-10-12-18(13-11-17)26(31)32)29-27(33)35-15-23-21-8-4-2-6-19(21)20-7-3-5-9-22(20)23/h2-9,17-18,23-24H,10-16H2,1H3,(H,28,30)(H,29,33)(H,31,32)/t17?,18?,24-/m0/s1. The van der Waals surface area contributed by atoms with Crippen molar-refractivity contribution in [3.8, 4) is 11.1 Å². The fourth-order valence-corrected chi connectivity index (χ4v) is 5.11. The van der Waals surface area contributed by atoms with Crippen LogP contribution in [0.25, 0.3) is 11.1 Å². The summed E-state index contributed by atoms with van der Waals surface area (Å²) in [7, 11) is 1.47. The molecule has 0 aromatic heterocycles. The molecule has 4 rings (SSSR count). The highest BCUT2D eigenvalue weighted by Gasteiger charge is 2.30. The second-order valence-electron chi connectivity index (χ2n) is 9.28. The molecule has 0 heterocycles. The van der Waals surface area contributed by atoms with Gasteiger partial charge < -0.3 is 25.2 Å². The first-order valence-electron chi connectivity index (χ1n) is 12.1.